The highest BCUT2D eigenvalue weighted by atomic mass is 32.2. The number of benzene rings is 1. The predicted octanol–water partition coefficient (Wildman–Crippen LogP) is 1.22. The molecule has 1 heterocycles. The number of carbonyl (C=O) groups is 1. The number of amides is 1. The van der Waals surface area contributed by atoms with Crippen molar-refractivity contribution in [1.82, 2.24) is 9.36 Å². The molecular formula is C15H14N4O6S3. The number of aromatic nitrogens is 2. The molecule has 1 N–H and O–H groups in total. The number of nitrogens with one attached hydrogen (secondary N) is 1. The van der Waals surface area contributed by atoms with E-state index in [1.807, 2.05) is 0 Å². The molecule has 0 aliphatic heterocycles. The minimum absolute atomic E-state index is 0.0601. The number of hydrogen-bond donors (Lipinski definition) is 1. The standard InChI is InChI=1S/C15H14N4O6S3/c1-3-28(23,24)15-18-14(26-19-15)17-13(20)11(9-16)8-10-4-6-12(7-5-10)25-27(2,21)22/h4-8H,3H2,1-2H3,(H,17,18,19,20)/b11-8-. The Balaban J connectivity index is 2.16. The van der Waals surface area contributed by atoms with Crippen LogP contribution in [0.2, 0.25) is 0 Å². The zero-order valence-electron chi connectivity index (χ0n) is 14.6. The molecule has 0 unspecified atom stereocenters. The van der Waals surface area contributed by atoms with E-state index in [2.05, 4.69) is 14.7 Å². The van der Waals surface area contributed by atoms with Gasteiger partial charge < -0.3 is 4.18 Å². The highest BCUT2D eigenvalue weighted by Crippen LogP contribution is 2.18. The molecule has 0 spiro atoms. The van der Waals surface area contributed by atoms with Crippen LogP contribution in [0.5, 0.6) is 5.75 Å². The second-order valence-corrected chi connectivity index (χ2v) is 9.76. The van der Waals surface area contributed by atoms with Crippen molar-refractivity contribution in [2.75, 3.05) is 17.3 Å². The fourth-order valence-corrected chi connectivity index (χ4v) is 3.83. The van der Waals surface area contributed by atoms with E-state index in [9.17, 15) is 26.9 Å². The predicted molar refractivity (Wildman–Crippen MR) is 102 cm³/mol. The van der Waals surface area contributed by atoms with E-state index in [1.54, 1.807) is 6.07 Å². The lowest BCUT2D eigenvalue weighted by Gasteiger charge is -2.03. The summed E-state index contributed by atoms with van der Waals surface area (Å²) in [6.07, 6.45) is 2.17. The summed E-state index contributed by atoms with van der Waals surface area (Å²) in [7, 11) is -7.26. The second kappa shape index (κ2) is 8.46. The third-order valence-corrected chi connectivity index (χ3v) is 5.83. The minimum atomic E-state index is -3.66. The molecule has 0 aliphatic carbocycles. The van der Waals surface area contributed by atoms with Gasteiger partial charge in [0.1, 0.15) is 17.4 Å². The van der Waals surface area contributed by atoms with Gasteiger partial charge in [0.15, 0.2) is 0 Å². The van der Waals surface area contributed by atoms with E-state index in [4.69, 9.17) is 4.18 Å². The van der Waals surface area contributed by atoms with E-state index in [0.717, 1.165) is 6.26 Å². The molecule has 1 aromatic carbocycles. The Kier molecular flexibility index (Phi) is 6.49. The number of hydrogen-bond acceptors (Lipinski definition) is 10. The van der Waals surface area contributed by atoms with Crippen molar-refractivity contribution in [1.29, 1.82) is 5.26 Å². The molecule has 148 valence electrons. The SMILES string of the molecule is CCS(=O)(=O)c1nsc(NC(=O)/C(C#N)=C\c2ccc(OS(C)(=O)=O)cc2)n1. The van der Waals surface area contributed by atoms with Crippen LogP contribution in [-0.2, 0) is 24.7 Å². The number of sulfone groups is 1. The summed E-state index contributed by atoms with van der Waals surface area (Å²) in [5.41, 5.74) is 0.172. The van der Waals surface area contributed by atoms with Crippen LogP contribution in [0.15, 0.2) is 35.0 Å². The molecule has 28 heavy (non-hydrogen) atoms. The van der Waals surface area contributed by atoms with Crippen LogP contribution in [0.3, 0.4) is 0 Å². The topological polar surface area (TPSA) is 156 Å². The van der Waals surface area contributed by atoms with Gasteiger partial charge in [-0.05, 0) is 23.8 Å². The zero-order chi connectivity index (χ0) is 20.9. The van der Waals surface area contributed by atoms with Crippen molar-refractivity contribution in [3.63, 3.8) is 0 Å². The molecule has 2 rings (SSSR count). The summed E-state index contributed by atoms with van der Waals surface area (Å²) in [5.74, 6) is -0.892. The van der Waals surface area contributed by atoms with E-state index in [-0.39, 0.29) is 27.4 Å². The van der Waals surface area contributed by atoms with Crippen molar-refractivity contribution in [2.24, 2.45) is 0 Å². The van der Waals surface area contributed by atoms with E-state index in [1.165, 1.54) is 37.3 Å². The maximum Gasteiger partial charge on any atom is 0.306 e. The first kappa shape index (κ1) is 21.5. The lowest BCUT2D eigenvalue weighted by Crippen LogP contribution is -2.13. The molecular weight excluding hydrogens is 428 g/mol. The molecule has 0 bridgehead atoms. The second-order valence-electron chi connectivity index (χ2n) is 5.27. The summed E-state index contributed by atoms with van der Waals surface area (Å²) in [5, 5.41) is 11.1. The zero-order valence-corrected chi connectivity index (χ0v) is 17.1. The highest BCUT2D eigenvalue weighted by Gasteiger charge is 2.20. The summed E-state index contributed by atoms with van der Waals surface area (Å²) < 4.78 is 53.9. The maximum absolute atomic E-state index is 12.2. The van der Waals surface area contributed by atoms with Crippen LogP contribution >= 0.6 is 11.5 Å². The normalized spacial score (nSPS) is 12.2. The fraction of sp³-hybridized carbons (Fsp3) is 0.200. The van der Waals surface area contributed by atoms with Crippen LogP contribution in [0.4, 0.5) is 5.13 Å². The first-order valence-electron chi connectivity index (χ1n) is 7.53. The van der Waals surface area contributed by atoms with Gasteiger partial charge in [0, 0.05) is 11.5 Å². The van der Waals surface area contributed by atoms with Crippen LogP contribution in [0.25, 0.3) is 6.08 Å². The molecule has 0 aliphatic rings. The average Bonchev–Trinajstić information content (AvgIpc) is 3.09. The Labute approximate surface area is 165 Å². The molecule has 0 radical (unpaired) electrons. The molecule has 2 aromatic rings. The summed E-state index contributed by atoms with van der Waals surface area (Å²) in [6, 6.07) is 7.39. The summed E-state index contributed by atoms with van der Waals surface area (Å²) >= 11 is 0.679. The first-order valence-corrected chi connectivity index (χ1v) is 11.8. The van der Waals surface area contributed by atoms with Crippen molar-refractivity contribution in [3.8, 4) is 11.8 Å². The number of nitrogens with zero attached hydrogens (tertiary/aromatic N) is 3. The fourth-order valence-electron chi connectivity index (χ4n) is 1.79. The van der Waals surface area contributed by atoms with Crippen molar-refractivity contribution in [2.45, 2.75) is 12.1 Å². The van der Waals surface area contributed by atoms with Crippen LogP contribution in [0, 0.1) is 11.3 Å². The Bertz CT molecular complexity index is 1160. The van der Waals surface area contributed by atoms with Crippen LogP contribution in [0.1, 0.15) is 12.5 Å². The Morgan fingerprint density at radius 3 is 2.46 bits per heavy atom. The average molecular weight is 443 g/mol. The smallest absolute Gasteiger partial charge is 0.306 e. The number of carbonyl (C=O) groups excluding carboxylic acids is 1. The largest absolute Gasteiger partial charge is 0.383 e. The molecule has 0 saturated heterocycles. The van der Waals surface area contributed by atoms with Gasteiger partial charge in [-0.1, -0.05) is 19.1 Å². The van der Waals surface area contributed by atoms with Gasteiger partial charge in [0.2, 0.25) is 15.0 Å². The molecule has 1 amide bonds. The third-order valence-electron chi connectivity index (χ3n) is 3.09. The lowest BCUT2D eigenvalue weighted by molar-refractivity contribution is -0.112. The number of nitriles is 1. The Morgan fingerprint density at radius 2 is 1.93 bits per heavy atom. The van der Waals surface area contributed by atoms with Gasteiger partial charge in [0.25, 0.3) is 11.1 Å². The Hall–Kier alpha value is -2.82. The molecule has 1 aromatic heterocycles. The molecule has 0 atom stereocenters. The van der Waals surface area contributed by atoms with Crippen LogP contribution < -0.4 is 9.50 Å². The Morgan fingerprint density at radius 1 is 1.29 bits per heavy atom. The van der Waals surface area contributed by atoms with Gasteiger partial charge in [-0.15, -0.1) is 0 Å². The third kappa shape index (κ3) is 5.84. The lowest BCUT2D eigenvalue weighted by atomic mass is 10.1. The number of rotatable bonds is 7. The molecule has 13 heteroatoms. The summed E-state index contributed by atoms with van der Waals surface area (Å²) in [4.78, 5) is 16.0. The highest BCUT2D eigenvalue weighted by molar-refractivity contribution is 7.91. The first-order chi connectivity index (χ1) is 13.0. The van der Waals surface area contributed by atoms with Crippen molar-refractivity contribution < 1.29 is 25.8 Å². The van der Waals surface area contributed by atoms with Crippen LogP contribution in [-0.4, -0.2) is 44.1 Å². The quantitative estimate of drug-likeness (QED) is 0.378. The molecule has 10 nitrogen and oxygen atoms in total. The van der Waals surface area contributed by atoms with Crippen molar-refractivity contribution >= 4 is 48.6 Å². The van der Waals surface area contributed by atoms with E-state index < -0.39 is 25.9 Å². The van der Waals surface area contributed by atoms with Gasteiger partial charge in [-0.2, -0.15) is 23.0 Å². The van der Waals surface area contributed by atoms with Gasteiger partial charge in [-0.3, -0.25) is 10.1 Å². The monoisotopic (exact) mass is 442 g/mol. The summed E-state index contributed by atoms with van der Waals surface area (Å²) in [6.45, 7) is 1.44. The number of anilines is 1. The van der Waals surface area contributed by atoms with E-state index in [0.29, 0.717) is 17.1 Å². The minimum Gasteiger partial charge on any atom is -0.383 e. The van der Waals surface area contributed by atoms with Gasteiger partial charge in [0.05, 0.1) is 12.0 Å². The van der Waals surface area contributed by atoms with Gasteiger partial charge in [-0.25, -0.2) is 8.42 Å². The molecule has 0 saturated carbocycles. The molecule has 0 fully saturated rings. The van der Waals surface area contributed by atoms with Crippen molar-refractivity contribution in [3.05, 3.63) is 35.4 Å². The van der Waals surface area contributed by atoms with E-state index >= 15 is 0 Å². The maximum atomic E-state index is 12.2. The van der Waals surface area contributed by atoms with Gasteiger partial charge >= 0.3 is 10.1 Å².